The van der Waals surface area contributed by atoms with Crippen LogP contribution in [0, 0.1) is 5.41 Å². The number of ether oxygens (including phenoxy) is 1. The second kappa shape index (κ2) is 6.38. The summed E-state index contributed by atoms with van der Waals surface area (Å²) < 4.78 is 4.47. The second-order valence-electron chi connectivity index (χ2n) is 2.76. The van der Waals surface area contributed by atoms with Crippen molar-refractivity contribution in [3.63, 3.8) is 0 Å². The molecule has 0 aromatic heterocycles. The van der Waals surface area contributed by atoms with E-state index in [1.165, 1.54) is 14.0 Å². The molecular weight excluding hydrogens is 216 g/mol. The van der Waals surface area contributed by atoms with Crippen LogP contribution in [0.2, 0.25) is 0 Å². The quantitative estimate of drug-likeness (QED) is 0.439. The molecule has 0 aromatic carbocycles. The molecule has 0 saturated carbocycles. The first-order chi connectivity index (χ1) is 7.43. The fourth-order valence-corrected chi connectivity index (χ4v) is 0.759. The van der Waals surface area contributed by atoms with Gasteiger partial charge in [-0.3, -0.25) is 10.2 Å². The number of hydrogen-bond acceptors (Lipinski definition) is 5. The minimum atomic E-state index is -0.901. The number of ketones is 1. The van der Waals surface area contributed by atoms with Gasteiger partial charge in [0.1, 0.15) is 5.78 Å². The van der Waals surface area contributed by atoms with Crippen molar-refractivity contribution in [3.05, 3.63) is 0 Å². The van der Waals surface area contributed by atoms with E-state index in [4.69, 9.17) is 5.41 Å². The van der Waals surface area contributed by atoms with Crippen LogP contribution in [-0.4, -0.2) is 49.5 Å². The normalized spacial score (nSPS) is 8.94. The monoisotopic (exact) mass is 230 g/mol. The van der Waals surface area contributed by atoms with E-state index in [9.17, 15) is 14.4 Å². The lowest BCUT2D eigenvalue weighted by atomic mass is 10.4. The van der Waals surface area contributed by atoms with Gasteiger partial charge in [-0.25, -0.2) is 9.59 Å². The maximum absolute atomic E-state index is 11.4. The number of carbonyl (C=O) groups is 3. The van der Waals surface area contributed by atoms with E-state index in [0.717, 1.165) is 7.11 Å². The van der Waals surface area contributed by atoms with E-state index in [1.807, 2.05) is 0 Å². The number of nitrogens with zero attached hydrogens (tertiary/aromatic N) is 1. The van der Waals surface area contributed by atoms with E-state index in [0.29, 0.717) is 4.90 Å². The molecule has 0 heterocycles. The first-order valence-electron chi connectivity index (χ1n) is 4.35. The van der Waals surface area contributed by atoms with E-state index < -0.39 is 18.1 Å². The molecule has 0 aromatic rings. The lowest BCUT2D eigenvalue weighted by Crippen LogP contribution is -2.51. The number of carbonyl (C=O) groups excluding carboxylic acids is 3. The van der Waals surface area contributed by atoms with Crippen molar-refractivity contribution < 1.29 is 19.1 Å². The highest BCUT2D eigenvalue weighted by Crippen LogP contribution is 1.93. The van der Waals surface area contributed by atoms with Gasteiger partial charge in [-0.05, 0) is 6.92 Å². The Morgan fingerprint density at radius 2 is 1.88 bits per heavy atom. The highest BCUT2D eigenvalue weighted by molar-refractivity contribution is 6.08. The third-order valence-electron chi connectivity index (χ3n) is 1.51. The smallest absolute Gasteiger partial charge is 0.334 e. The van der Waals surface area contributed by atoms with Gasteiger partial charge in [0.15, 0.2) is 0 Å². The molecule has 8 nitrogen and oxygen atoms in total. The Hall–Kier alpha value is -2.12. The Kier molecular flexibility index (Phi) is 5.53. The van der Waals surface area contributed by atoms with Crippen LogP contribution < -0.4 is 10.6 Å². The van der Waals surface area contributed by atoms with Crippen molar-refractivity contribution in [3.8, 4) is 0 Å². The zero-order valence-electron chi connectivity index (χ0n) is 9.29. The Labute approximate surface area is 92.4 Å². The molecule has 0 rings (SSSR count). The van der Waals surface area contributed by atoms with Gasteiger partial charge in [-0.15, -0.1) is 0 Å². The van der Waals surface area contributed by atoms with Crippen LogP contribution in [0.5, 0.6) is 0 Å². The number of rotatable bonds is 2. The Balaban J connectivity index is 4.63. The first-order valence-corrected chi connectivity index (χ1v) is 4.35. The maximum atomic E-state index is 11.4. The fourth-order valence-electron chi connectivity index (χ4n) is 0.759. The number of methoxy groups -OCH3 is 1. The highest BCUT2D eigenvalue weighted by atomic mass is 16.5. The summed E-state index contributed by atoms with van der Waals surface area (Å²) in [5, 5.41) is 11.6. The molecule has 0 radical (unpaired) electrons. The first kappa shape index (κ1) is 13.9. The summed E-state index contributed by atoms with van der Waals surface area (Å²) in [4.78, 5) is 33.7. The van der Waals surface area contributed by atoms with E-state index >= 15 is 0 Å². The zero-order valence-corrected chi connectivity index (χ0v) is 9.29. The minimum Gasteiger partial charge on any atom is -0.468 e. The van der Waals surface area contributed by atoms with E-state index in [-0.39, 0.29) is 12.3 Å². The molecule has 90 valence electrons. The number of imide groups is 1. The molecule has 0 fully saturated rings. The summed E-state index contributed by atoms with van der Waals surface area (Å²) in [6.07, 6.45) is 0. The predicted molar refractivity (Wildman–Crippen MR) is 55.1 cm³/mol. The molecule has 8 heteroatoms. The van der Waals surface area contributed by atoms with Gasteiger partial charge in [0.25, 0.3) is 0 Å². The summed E-state index contributed by atoms with van der Waals surface area (Å²) in [7, 11) is 2.45. The SMILES string of the molecule is CNC(=O)N(C(=N)OC)C(=O)NCC(C)=O. The molecule has 0 unspecified atom stereocenters. The van der Waals surface area contributed by atoms with Gasteiger partial charge >= 0.3 is 18.1 Å². The molecule has 3 N–H and O–H groups in total. The van der Waals surface area contributed by atoms with Gasteiger partial charge < -0.3 is 15.4 Å². The van der Waals surface area contributed by atoms with Crippen LogP contribution >= 0.6 is 0 Å². The largest absolute Gasteiger partial charge is 0.468 e. The third-order valence-corrected chi connectivity index (χ3v) is 1.51. The van der Waals surface area contributed by atoms with Gasteiger partial charge in [0, 0.05) is 7.05 Å². The molecule has 0 bridgehead atoms. The molecule has 0 spiro atoms. The lowest BCUT2D eigenvalue weighted by molar-refractivity contribution is -0.116. The number of urea groups is 2. The predicted octanol–water partition coefficient (Wildman–Crippen LogP) is -0.492. The number of amides is 4. The zero-order chi connectivity index (χ0) is 12.7. The third kappa shape index (κ3) is 3.95. The molecule has 16 heavy (non-hydrogen) atoms. The second-order valence-corrected chi connectivity index (χ2v) is 2.76. The van der Waals surface area contributed by atoms with E-state index in [1.54, 1.807) is 0 Å². The van der Waals surface area contributed by atoms with Crippen LogP contribution in [0.1, 0.15) is 6.92 Å². The molecular formula is C8H14N4O4. The van der Waals surface area contributed by atoms with Crippen molar-refractivity contribution in [2.75, 3.05) is 20.7 Å². The fraction of sp³-hybridized carbons (Fsp3) is 0.500. The summed E-state index contributed by atoms with van der Waals surface area (Å²) >= 11 is 0. The number of amidine groups is 1. The Morgan fingerprint density at radius 3 is 2.25 bits per heavy atom. The summed E-state index contributed by atoms with van der Waals surface area (Å²) in [5.74, 6) is -0.269. The summed E-state index contributed by atoms with van der Waals surface area (Å²) in [5.41, 5.74) is 0. The summed E-state index contributed by atoms with van der Waals surface area (Å²) in [6.45, 7) is 1.06. The van der Waals surface area contributed by atoms with Crippen LogP contribution in [0.4, 0.5) is 9.59 Å². The van der Waals surface area contributed by atoms with Crippen molar-refractivity contribution in [1.29, 1.82) is 5.41 Å². The van der Waals surface area contributed by atoms with Gasteiger partial charge in [0.05, 0.1) is 13.7 Å². The van der Waals surface area contributed by atoms with Crippen molar-refractivity contribution in [2.24, 2.45) is 0 Å². The molecule has 0 aliphatic rings. The highest BCUT2D eigenvalue weighted by Gasteiger charge is 2.25. The van der Waals surface area contributed by atoms with Gasteiger partial charge in [-0.1, -0.05) is 0 Å². The average molecular weight is 230 g/mol. The van der Waals surface area contributed by atoms with Crippen LogP contribution in [0.3, 0.4) is 0 Å². The van der Waals surface area contributed by atoms with Gasteiger partial charge in [-0.2, -0.15) is 4.90 Å². The molecule has 4 amide bonds. The van der Waals surface area contributed by atoms with Crippen molar-refractivity contribution >= 4 is 23.9 Å². The number of Topliss-reactive ketones (excluding diaryl/α,β-unsaturated/α-hetero) is 1. The molecule has 0 saturated heterocycles. The maximum Gasteiger partial charge on any atom is 0.334 e. The average Bonchev–Trinajstić information content (AvgIpc) is 2.25. The number of nitrogens with one attached hydrogen (secondary N) is 3. The van der Waals surface area contributed by atoms with Crippen LogP contribution in [0.15, 0.2) is 0 Å². The topological polar surface area (TPSA) is 112 Å². The van der Waals surface area contributed by atoms with Crippen LogP contribution in [-0.2, 0) is 9.53 Å². The standard InChI is InChI=1S/C8H14N4O4/c1-5(13)4-11-8(15)12(6(9)16-3)7(14)10-2/h9H,4H2,1-3H3,(H,10,14)(H,11,15). The molecule has 0 aliphatic carbocycles. The van der Waals surface area contributed by atoms with Crippen molar-refractivity contribution in [2.45, 2.75) is 6.92 Å². The van der Waals surface area contributed by atoms with Crippen LogP contribution in [0.25, 0.3) is 0 Å². The summed E-state index contributed by atoms with van der Waals surface area (Å²) in [6, 6.07) is -2.37. The van der Waals surface area contributed by atoms with Crippen molar-refractivity contribution in [1.82, 2.24) is 15.5 Å². The number of hydrogen-bond donors (Lipinski definition) is 3. The Bertz CT molecular complexity index is 299. The van der Waals surface area contributed by atoms with Gasteiger partial charge in [0.2, 0.25) is 0 Å². The minimum absolute atomic E-state index is 0.219. The van der Waals surface area contributed by atoms with E-state index in [2.05, 4.69) is 15.4 Å². The lowest BCUT2D eigenvalue weighted by Gasteiger charge is -2.19. The Morgan fingerprint density at radius 1 is 1.31 bits per heavy atom. The molecule has 0 aliphatic heterocycles. The molecule has 0 atom stereocenters.